The summed E-state index contributed by atoms with van der Waals surface area (Å²) < 4.78 is 7.05. The number of benzene rings is 9. The van der Waals surface area contributed by atoms with E-state index in [1.807, 2.05) is 60.7 Å². The minimum Gasteiger partial charge on any atom is -0.309 e. The second kappa shape index (κ2) is 13.1. The van der Waals surface area contributed by atoms with E-state index in [9.17, 15) is 0 Å². The summed E-state index contributed by atoms with van der Waals surface area (Å²) in [5, 5.41) is 9.67. The molecule has 4 aromatic heterocycles. The minimum atomic E-state index is 0.578. The molecule has 0 spiro atoms. The Morgan fingerprint density at radius 2 is 0.721 bits per heavy atom. The first-order chi connectivity index (χ1) is 30.3. The highest BCUT2D eigenvalue weighted by molar-refractivity contribution is 6.29. The van der Waals surface area contributed by atoms with Crippen LogP contribution in [0.4, 0.5) is 0 Å². The number of rotatable bonds is 5. The van der Waals surface area contributed by atoms with Gasteiger partial charge in [0.25, 0.3) is 0 Å². The number of aromatic nitrogens is 6. The maximum absolute atomic E-state index is 5.15. The molecule has 6 heteroatoms. The summed E-state index contributed by atoms with van der Waals surface area (Å²) >= 11 is 0. The molecule has 13 aromatic rings. The topological polar surface area (TPSA) is 53.5 Å². The Morgan fingerprint density at radius 3 is 1.33 bits per heavy atom. The minimum absolute atomic E-state index is 0.578. The summed E-state index contributed by atoms with van der Waals surface area (Å²) in [5.74, 6) is 1.84. The van der Waals surface area contributed by atoms with Gasteiger partial charge in [-0.2, -0.15) is 9.97 Å². The lowest BCUT2D eigenvalue weighted by molar-refractivity contribution is 0.953. The van der Waals surface area contributed by atoms with Gasteiger partial charge in [0, 0.05) is 54.8 Å². The zero-order valence-electron chi connectivity index (χ0n) is 32.8. The Bertz CT molecular complexity index is 3820. The molecular formula is C55H34N6. The number of hydrogen-bond acceptors (Lipinski definition) is 3. The lowest BCUT2D eigenvalue weighted by Crippen LogP contribution is -2.06. The van der Waals surface area contributed by atoms with Crippen LogP contribution in [0.3, 0.4) is 0 Å². The standard InChI is InChI=1S/C55H34N6/c1-3-16-36(17-4-1)53-56-54(37-18-5-2-6-19-37)58-55(57-53)61-45-24-12-9-21-41(45)44-34-40(29-30-48(44)61)60-47-26-14-11-23-43(47)52-50(60)32-31-49-51(52)42-22-10-13-25-46(42)59(49)39-28-27-35-15-7-8-20-38(35)33-39/h1-34H. The molecule has 0 bridgehead atoms. The molecule has 0 unspecified atom stereocenters. The second-order valence-electron chi connectivity index (χ2n) is 15.7. The van der Waals surface area contributed by atoms with Crippen molar-refractivity contribution in [1.29, 1.82) is 0 Å². The molecule has 0 aliphatic heterocycles. The molecule has 0 aliphatic carbocycles. The summed E-state index contributed by atoms with van der Waals surface area (Å²) in [7, 11) is 0. The molecule has 0 radical (unpaired) electrons. The summed E-state index contributed by atoms with van der Waals surface area (Å²) in [6.45, 7) is 0. The second-order valence-corrected chi connectivity index (χ2v) is 15.7. The van der Waals surface area contributed by atoms with Gasteiger partial charge >= 0.3 is 0 Å². The van der Waals surface area contributed by atoms with Crippen LogP contribution in [0.1, 0.15) is 0 Å². The van der Waals surface area contributed by atoms with Crippen LogP contribution in [-0.4, -0.2) is 28.7 Å². The summed E-state index contributed by atoms with van der Waals surface area (Å²) in [5.41, 5.74) is 10.9. The summed E-state index contributed by atoms with van der Waals surface area (Å²) in [6, 6.07) is 73.3. The maximum atomic E-state index is 5.15. The Balaban J connectivity index is 1.06. The predicted octanol–water partition coefficient (Wildman–Crippen LogP) is 13.7. The molecule has 6 nitrogen and oxygen atoms in total. The van der Waals surface area contributed by atoms with Crippen molar-refractivity contribution >= 4 is 76.2 Å². The van der Waals surface area contributed by atoms with E-state index in [2.05, 4.69) is 159 Å². The van der Waals surface area contributed by atoms with E-state index < -0.39 is 0 Å². The quantitative estimate of drug-likeness (QED) is 0.175. The van der Waals surface area contributed by atoms with Crippen LogP contribution < -0.4 is 0 Å². The first-order valence-electron chi connectivity index (χ1n) is 20.6. The van der Waals surface area contributed by atoms with E-state index in [1.165, 1.54) is 43.4 Å². The van der Waals surface area contributed by atoms with Gasteiger partial charge in [0.1, 0.15) is 0 Å². The first kappa shape index (κ1) is 33.6. The van der Waals surface area contributed by atoms with Crippen molar-refractivity contribution in [3.05, 3.63) is 206 Å². The highest BCUT2D eigenvalue weighted by Gasteiger charge is 2.22. The molecule has 0 fully saturated rings. The third-order valence-electron chi connectivity index (χ3n) is 12.3. The molecule has 0 amide bonds. The zero-order valence-corrected chi connectivity index (χ0v) is 32.8. The van der Waals surface area contributed by atoms with Gasteiger partial charge in [-0.25, -0.2) is 4.98 Å². The largest absolute Gasteiger partial charge is 0.309 e. The lowest BCUT2D eigenvalue weighted by atomic mass is 10.1. The molecule has 13 rings (SSSR count). The van der Waals surface area contributed by atoms with E-state index in [-0.39, 0.29) is 0 Å². The van der Waals surface area contributed by atoms with Crippen LogP contribution in [0, 0.1) is 0 Å². The monoisotopic (exact) mass is 778 g/mol. The molecule has 0 N–H and O–H groups in total. The summed E-state index contributed by atoms with van der Waals surface area (Å²) in [4.78, 5) is 15.3. The van der Waals surface area contributed by atoms with Gasteiger partial charge in [-0.05, 0) is 71.4 Å². The van der Waals surface area contributed by atoms with Gasteiger partial charge in [-0.3, -0.25) is 4.57 Å². The van der Waals surface area contributed by atoms with Crippen molar-refractivity contribution in [2.75, 3.05) is 0 Å². The van der Waals surface area contributed by atoms with Crippen LogP contribution in [0.15, 0.2) is 206 Å². The molecule has 61 heavy (non-hydrogen) atoms. The molecule has 0 saturated carbocycles. The Labute approximate surface area is 349 Å². The Kier molecular flexibility index (Phi) is 7.21. The highest BCUT2D eigenvalue weighted by Crippen LogP contribution is 2.43. The predicted molar refractivity (Wildman–Crippen MR) is 251 cm³/mol. The third-order valence-corrected chi connectivity index (χ3v) is 12.3. The van der Waals surface area contributed by atoms with Crippen molar-refractivity contribution in [2.24, 2.45) is 0 Å². The van der Waals surface area contributed by atoms with Crippen molar-refractivity contribution in [3.63, 3.8) is 0 Å². The lowest BCUT2D eigenvalue weighted by Gasteiger charge is -2.12. The molecular weight excluding hydrogens is 745 g/mol. The summed E-state index contributed by atoms with van der Waals surface area (Å²) in [6.07, 6.45) is 0. The maximum Gasteiger partial charge on any atom is 0.238 e. The molecule has 284 valence electrons. The highest BCUT2D eigenvalue weighted by atomic mass is 15.2. The smallest absolute Gasteiger partial charge is 0.238 e. The van der Waals surface area contributed by atoms with Gasteiger partial charge < -0.3 is 9.13 Å². The molecule has 0 saturated heterocycles. The van der Waals surface area contributed by atoms with Crippen molar-refractivity contribution in [2.45, 2.75) is 0 Å². The van der Waals surface area contributed by atoms with Crippen molar-refractivity contribution < 1.29 is 0 Å². The van der Waals surface area contributed by atoms with Gasteiger partial charge in [0.05, 0.1) is 33.1 Å². The van der Waals surface area contributed by atoms with E-state index in [0.29, 0.717) is 17.6 Å². The van der Waals surface area contributed by atoms with Crippen LogP contribution >= 0.6 is 0 Å². The van der Waals surface area contributed by atoms with Gasteiger partial charge in [0.15, 0.2) is 11.6 Å². The van der Waals surface area contributed by atoms with Gasteiger partial charge in [-0.15, -0.1) is 0 Å². The average molecular weight is 779 g/mol. The third kappa shape index (κ3) is 5.06. The van der Waals surface area contributed by atoms with Crippen molar-refractivity contribution in [1.82, 2.24) is 28.7 Å². The van der Waals surface area contributed by atoms with E-state index >= 15 is 0 Å². The normalized spacial score (nSPS) is 11.9. The molecule has 0 aliphatic rings. The van der Waals surface area contributed by atoms with Crippen LogP contribution in [0.25, 0.3) is 116 Å². The average Bonchev–Trinajstić information content (AvgIpc) is 3.97. The van der Waals surface area contributed by atoms with Gasteiger partial charge in [-0.1, -0.05) is 146 Å². The number of para-hydroxylation sites is 3. The van der Waals surface area contributed by atoms with E-state index in [4.69, 9.17) is 15.0 Å². The first-order valence-corrected chi connectivity index (χ1v) is 20.6. The SMILES string of the molecule is c1ccc(-c2nc(-c3ccccc3)nc(-n3c4ccccc4c4cc(-n5c6ccccc6c6c7c8ccccc8n(-c8ccc9ccccc9c8)c7ccc65)ccc43)n2)cc1. The van der Waals surface area contributed by atoms with Crippen LogP contribution in [0.5, 0.6) is 0 Å². The fourth-order valence-electron chi connectivity index (χ4n) is 9.60. The number of fused-ring (bicyclic) bond motifs is 11. The fourth-order valence-corrected chi connectivity index (χ4v) is 9.60. The zero-order chi connectivity index (χ0) is 40.0. The Morgan fingerprint density at radius 1 is 0.279 bits per heavy atom. The van der Waals surface area contributed by atoms with E-state index in [1.54, 1.807) is 0 Å². The molecule has 0 atom stereocenters. The number of hydrogen-bond donors (Lipinski definition) is 0. The molecule has 4 heterocycles. The molecule has 9 aromatic carbocycles. The van der Waals surface area contributed by atoms with Crippen molar-refractivity contribution in [3.8, 4) is 40.1 Å². The van der Waals surface area contributed by atoms with Crippen LogP contribution in [0.2, 0.25) is 0 Å². The van der Waals surface area contributed by atoms with Gasteiger partial charge in [0.2, 0.25) is 5.95 Å². The fraction of sp³-hybridized carbons (Fsp3) is 0. The van der Waals surface area contributed by atoms with Crippen LogP contribution in [-0.2, 0) is 0 Å². The Hall–Kier alpha value is -8.35. The van der Waals surface area contributed by atoms with E-state index in [0.717, 1.165) is 55.3 Å². The number of nitrogens with zero attached hydrogens (tertiary/aromatic N) is 6.